The highest BCUT2D eigenvalue weighted by atomic mass is 16.1. The average Bonchev–Trinajstić information content (AvgIpc) is 2.63. The molecule has 2 N–H and O–H groups in total. The quantitative estimate of drug-likeness (QED) is 0.732. The fraction of sp³-hybridized carbons (Fsp3) is 0.105. The lowest BCUT2D eigenvalue weighted by molar-refractivity contribution is -0.115. The molecule has 0 aliphatic heterocycles. The minimum absolute atomic E-state index is 0.0776. The fourth-order valence-electron chi connectivity index (χ4n) is 2.25. The third kappa shape index (κ3) is 4.64. The molecule has 0 bridgehead atoms. The van der Waals surface area contributed by atoms with Gasteiger partial charge in [-0.25, -0.2) is 4.98 Å². The van der Waals surface area contributed by atoms with Gasteiger partial charge < -0.3 is 10.6 Å². The number of anilines is 2. The zero-order valence-electron chi connectivity index (χ0n) is 13.1. The van der Waals surface area contributed by atoms with Gasteiger partial charge in [-0.1, -0.05) is 30.3 Å². The molecule has 5 nitrogen and oxygen atoms in total. The SMILES string of the molecule is O=C(Cc1ccccc1)Nc1ccc(NCc2ccncc2)cn1. The van der Waals surface area contributed by atoms with E-state index >= 15 is 0 Å². The minimum Gasteiger partial charge on any atom is -0.380 e. The van der Waals surface area contributed by atoms with Crippen LogP contribution in [-0.2, 0) is 17.8 Å². The number of benzene rings is 1. The third-order valence-electron chi connectivity index (χ3n) is 3.48. The van der Waals surface area contributed by atoms with Crippen molar-refractivity contribution in [3.8, 4) is 0 Å². The van der Waals surface area contributed by atoms with Crippen molar-refractivity contribution >= 4 is 17.4 Å². The molecule has 0 saturated heterocycles. The molecule has 2 aromatic heterocycles. The van der Waals surface area contributed by atoms with Crippen molar-refractivity contribution in [3.05, 3.63) is 84.3 Å². The predicted molar refractivity (Wildman–Crippen MR) is 94.6 cm³/mol. The summed E-state index contributed by atoms with van der Waals surface area (Å²) in [5, 5.41) is 6.08. The van der Waals surface area contributed by atoms with Crippen LogP contribution in [0.3, 0.4) is 0 Å². The molecule has 0 aliphatic carbocycles. The van der Waals surface area contributed by atoms with Gasteiger partial charge in [0.05, 0.1) is 18.3 Å². The summed E-state index contributed by atoms with van der Waals surface area (Å²) in [6.07, 6.45) is 5.57. The van der Waals surface area contributed by atoms with Crippen LogP contribution >= 0.6 is 0 Å². The summed E-state index contributed by atoms with van der Waals surface area (Å²) in [5.74, 6) is 0.469. The van der Waals surface area contributed by atoms with E-state index in [0.717, 1.165) is 16.8 Å². The Labute approximate surface area is 140 Å². The lowest BCUT2D eigenvalue weighted by Gasteiger charge is -2.08. The number of hydrogen-bond donors (Lipinski definition) is 2. The van der Waals surface area contributed by atoms with Crippen LogP contribution in [0.25, 0.3) is 0 Å². The summed E-state index contributed by atoms with van der Waals surface area (Å²) in [7, 11) is 0. The molecule has 0 atom stereocenters. The Morgan fingerprint density at radius 1 is 0.917 bits per heavy atom. The first-order valence-electron chi connectivity index (χ1n) is 7.72. The molecule has 24 heavy (non-hydrogen) atoms. The van der Waals surface area contributed by atoms with Gasteiger partial charge in [-0.05, 0) is 35.4 Å². The molecule has 120 valence electrons. The summed E-state index contributed by atoms with van der Waals surface area (Å²) >= 11 is 0. The Kier molecular flexibility index (Phi) is 5.14. The van der Waals surface area contributed by atoms with Crippen molar-refractivity contribution < 1.29 is 4.79 Å². The summed E-state index contributed by atoms with van der Waals surface area (Å²) < 4.78 is 0. The number of carbonyl (C=O) groups is 1. The number of carbonyl (C=O) groups excluding carboxylic acids is 1. The molecular formula is C19H18N4O. The topological polar surface area (TPSA) is 66.9 Å². The molecule has 3 aromatic rings. The number of nitrogens with one attached hydrogen (secondary N) is 2. The number of aromatic nitrogens is 2. The molecule has 0 saturated carbocycles. The predicted octanol–water partition coefficient (Wildman–Crippen LogP) is 3.27. The molecule has 0 unspecified atom stereocenters. The maximum Gasteiger partial charge on any atom is 0.229 e. The van der Waals surface area contributed by atoms with E-state index in [9.17, 15) is 4.79 Å². The van der Waals surface area contributed by atoms with Gasteiger partial charge in [-0.15, -0.1) is 0 Å². The molecule has 1 amide bonds. The summed E-state index contributed by atoms with van der Waals surface area (Å²) in [6, 6.07) is 17.2. The maximum atomic E-state index is 12.0. The van der Waals surface area contributed by atoms with Gasteiger partial charge in [0.1, 0.15) is 5.82 Å². The first kappa shape index (κ1) is 15.7. The number of amides is 1. The second-order valence-corrected chi connectivity index (χ2v) is 5.35. The molecule has 0 spiro atoms. The van der Waals surface area contributed by atoms with Crippen LogP contribution in [0.5, 0.6) is 0 Å². The molecule has 3 rings (SSSR count). The standard InChI is InChI=1S/C19H18N4O/c24-19(12-15-4-2-1-3-5-15)23-18-7-6-17(14-22-18)21-13-16-8-10-20-11-9-16/h1-11,14,21H,12-13H2,(H,22,23,24). The van der Waals surface area contributed by atoms with Gasteiger partial charge >= 0.3 is 0 Å². The van der Waals surface area contributed by atoms with E-state index in [4.69, 9.17) is 0 Å². The van der Waals surface area contributed by atoms with Crippen LogP contribution in [0.2, 0.25) is 0 Å². The average molecular weight is 318 g/mol. The van der Waals surface area contributed by atoms with E-state index in [1.807, 2.05) is 48.5 Å². The number of nitrogens with zero attached hydrogens (tertiary/aromatic N) is 2. The van der Waals surface area contributed by atoms with Crippen molar-refractivity contribution in [2.24, 2.45) is 0 Å². The Morgan fingerprint density at radius 3 is 2.42 bits per heavy atom. The van der Waals surface area contributed by atoms with E-state index < -0.39 is 0 Å². The Morgan fingerprint density at radius 2 is 1.71 bits per heavy atom. The van der Waals surface area contributed by atoms with Crippen LogP contribution in [0.4, 0.5) is 11.5 Å². The number of pyridine rings is 2. The van der Waals surface area contributed by atoms with Gasteiger partial charge in [0.2, 0.25) is 5.91 Å². The smallest absolute Gasteiger partial charge is 0.229 e. The van der Waals surface area contributed by atoms with Gasteiger partial charge in [0.25, 0.3) is 0 Å². The van der Waals surface area contributed by atoms with Crippen molar-refractivity contribution in [2.75, 3.05) is 10.6 Å². The lowest BCUT2D eigenvalue weighted by Crippen LogP contribution is -2.15. The molecule has 0 radical (unpaired) electrons. The highest BCUT2D eigenvalue weighted by Gasteiger charge is 2.04. The summed E-state index contributed by atoms with van der Waals surface area (Å²) in [5.41, 5.74) is 3.02. The lowest BCUT2D eigenvalue weighted by atomic mass is 10.1. The molecule has 2 heterocycles. The van der Waals surface area contributed by atoms with Gasteiger partial charge in [0, 0.05) is 18.9 Å². The van der Waals surface area contributed by atoms with E-state index in [1.54, 1.807) is 24.7 Å². The third-order valence-corrected chi connectivity index (χ3v) is 3.48. The molecule has 1 aromatic carbocycles. The van der Waals surface area contributed by atoms with Crippen LogP contribution in [0.15, 0.2) is 73.2 Å². The summed E-state index contributed by atoms with van der Waals surface area (Å²) in [6.45, 7) is 0.698. The maximum absolute atomic E-state index is 12.0. The first-order chi connectivity index (χ1) is 11.8. The van der Waals surface area contributed by atoms with Gasteiger partial charge in [0.15, 0.2) is 0 Å². The second kappa shape index (κ2) is 7.87. The van der Waals surface area contributed by atoms with Gasteiger partial charge in [-0.3, -0.25) is 9.78 Å². The van der Waals surface area contributed by atoms with Crippen molar-refractivity contribution in [3.63, 3.8) is 0 Å². The van der Waals surface area contributed by atoms with Crippen LogP contribution in [0.1, 0.15) is 11.1 Å². The zero-order chi connectivity index (χ0) is 16.6. The highest BCUT2D eigenvalue weighted by Crippen LogP contribution is 2.11. The number of hydrogen-bond acceptors (Lipinski definition) is 4. The Bertz CT molecular complexity index is 773. The largest absolute Gasteiger partial charge is 0.380 e. The first-order valence-corrected chi connectivity index (χ1v) is 7.72. The Hall–Kier alpha value is -3.21. The van der Waals surface area contributed by atoms with Gasteiger partial charge in [-0.2, -0.15) is 0 Å². The molecular weight excluding hydrogens is 300 g/mol. The van der Waals surface area contributed by atoms with E-state index in [1.165, 1.54) is 0 Å². The van der Waals surface area contributed by atoms with E-state index in [2.05, 4.69) is 20.6 Å². The second-order valence-electron chi connectivity index (χ2n) is 5.35. The van der Waals surface area contributed by atoms with E-state index in [-0.39, 0.29) is 5.91 Å². The van der Waals surface area contributed by atoms with Crippen molar-refractivity contribution in [1.82, 2.24) is 9.97 Å². The molecule has 0 aliphatic rings. The number of rotatable bonds is 6. The normalized spacial score (nSPS) is 10.2. The summed E-state index contributed by atoms with van der Waals surface area (Å²) in [4.78, 5) is 20.3. The Balaban J connectivity index is 1.51. The van der Waals surface area contributed by atoms with Crippen molar-refractivity contribution in [2.45, 2.75) is 13.0 Å². The zero-order valence-corrected chi connectivity index (χ0v) is 13.1. The highest BCUT2D eigenvalue weighted by molar-refractivity contribution is 5.91. The monoisotopic (exact) mass is 318 g/mol. The van der Waals surface area contributed by atoms with Crippen LogP contribution in [0, 0.1) is 0 Å². The van der Waals surface area contributed by atoms with Crippen LogP contribution < -0.4 is 10.6 Å². The van der Waals surface area contributed by atoms with E-state index in [0.29, 0.717) is 18.8 Å². The van der Waals surface area contributed by atoms with Crippen LogP contribution in [-0.4, -0.2) is 15.9 Å². The van der Waals surface area contributed by atoms with Crippen molar-refractivity contribution in [1.29, 1.82) is 0 Å². The molecule has 5 heteroatoms. The minimum atomic E-state index is -0.0776. The molecule has 0 fully saturated rings. The fourth-order valence-corrected chi connectivity index (χ4v) is 2.25.